The van der Waals surface area contributed by atoms with E-state index in [9.17, 15) is 59.0 Å². The molecule has 224 valence electrons. The molecule has 6 N–H and O–H groups in total. The summed E-state index contributed by atoms with van der Waals surface area (Å²) in [4.78, 5) is 8.56. The van der Waals surface area contributed by atoms with Gasteiger partial charge in [0.05, 0.1) is 21.5 Å². The lowest BCUT2D eigenvalue weighted by atomic mass is 10.1. The smallest absolute Gasteiger partial charge is 0.337 e. The summed E-state index contributed by atoms with van der Waals surface area (Å²) in [6.45, 7) is 0. The molecule has 4 rings (SSSR count). The van der Waals surface area contributed by atoms with E-state index in [-0.39, 0.29) is 16.9 Å². The summed E-state index contributed by atoms with van der Waals surface area (Å²) in [5, 5.41) is 44.3. The van der Waals surface area contributed by atoms with Crippen LogP contribution in [0.15, 0.2) is 95.8 Å². The Labute approximate surface area is 241 Å². The minimum atomic E-state index is -5.25. The number of aromatic hydroxyl groups is 2. The normalized spacial score (nSPS) is 12.8. The van der Waals surface area contributed by atoms with E-state index in [1.807, 2.05) is 0 Å². The molecule has 4 aromatic rings. The largest absolute Gasteiger partial charge is 0.505 e. The van der Waals surface area contributed by atoms with Crippen molar-refractivity contribution < 1.29 is 59.0 Å². The van der Waals surface area contributed by atoms with Gasteiger partial charge in [0, 0.05) is 0 Å². The Bertz CT molecular complexity index is 2210. The molecule has 0 aliphatic heterocycles. The fraction of sp³-hybridized carbons (Fsp3) is 0. The molecule has 0 atom stereocenters. The number of hydrogen-bond donors (Lipinski definition) is 6. The number of azo groups is 2. The molecule has 20 heteroatoms. The first kappa shape index (κ1) is 31.1. The molecule has 0 unspecified atom stereocenters. The molecule has 0 aliphatic rings. The number of carboxylic acid groups (broad SMARTS) is 1. The van der Waals surface area contributed by atoms with Crippen molar-refractivity contribution >= 4 is 69.8 Å². The van der Waals surface area contributed by atoms with E-state index in [4.69, 9.17) is 0 Å². The van der Waals surface area contributed by atoms with Crippen LogP contribution in [-0.2, 0) is 30.4 Å². The number of aromatic carboxylic acids is 1. The van der Waals surface area contributed by atoms with Crippen molar-refractivity contribution in [2.24, 2.45) is 20.5 Å². The monoisotopic (exact) mass is 652 g/mol. The van der Waals surface area contributed by atoms with Crippen molar-refractivity contribution in [1.29, 1.82) is 0 Å². The number of carbonyl (C=O) groups is 1. The number of nitrogens with zero attached hydrogens (tertiary/aromatic N) is 4. The molecule has 0 spiro atoms. The minimum Gasteiger partial charge on any atom is -0.505 e. The standard InChI is InChI=1S/C23H16N4O13S3/c28-21-18-11(8-16(42(35,36)37)19(21)26-24-12-4-3-5-13(10-12)41(32,33)34)9-17(43(38,39)40)20(22(18)29)27-25-15-7-2-1-6-14(15)23(30)31/h1-10,28-29H,(H,30,31)(H,32,33,34)(H,35,36,37)(H,38,39,40). The van der Waals surface area contributed by atoms with Crippen molar-refractivity contribution in [2.45, 2.75) is 14.7 Å². The lowest BCUT2D eigenvalue weighted by Gasteiger charge is -2.13. The van der Waals surface area contributed by atoms with Crippen LogP contribution < -0.4 is 0 Å². The summed E-state index contributed by atoms with van der Waals surface area (Å²) < 4.78 is 100. The summed E-state index contributed by atoms with van der Waals surface area (Å²) in [6, 6.07) is 10.4. The van der Waals surface area contributed by atoms with Crippen molar-refractivity contribution in [3.05, 3.63) is 66.2 Å². The van der Waals surface area contributed by atoms with Crippen molar-refractivity contribution in [3.8, 4) is 11.5 Å². The Kier molecular flexibility index (Phi) is 8.02. The lowest BCUT2D eigenvalue weighted by Crippen LogP contribution is -2.02. The highest BCUT2D eigenvalue weighted by atomic mass is 32.2. The molecule has 43 heavy (non-hydrogen) atoms. The average Bonchev–Trinajstić information content (AvgIpc) is 2.90. The van der Waals surface area contributed by atoms with E-state index in [1.54, 1.807) is 0 Å². The predicted molar refractivity (Wildman–Crippen MR) is 145 cm³/mol. The SMILES string of the molecule is O=C(O)c1ccccc1N=Nc1c(S(=O)(=O)O)cc2cc(S(=O)(=O)O)c(N=Nc3cccc(S(=O)(=O)O)c3)c(O)c2c1O. The predicted octanol–water partition coefficient (Wildman–Crippen LogP) is 4.52. The Morgan fingerprint density at radius 2 is 1.16 bits per heavy atom. The topological polar surface area (TPSA) is 290 Å². The fourth-order valence-corrected chi connectivity index (χ4v) is 5.54. The highest BCUT2D eigenvalue weighted by Crippen LogP contribution is 2.50. The first-order chi connectivity index (χ1) is 19.9. The molecule has 0 aromatic heterocycles. The van der Waals surface area contributed by atoms with Crippen LogP contribution in [0.4, 0.5) is 22.7 Å². The summed E-state index contributed by atoms with van der Waals surface area (Å²) in [5.74, 6) is -3.84. The quantitative estimate of drug-likeness (QED) is 0.113. The number of hydrogen-bond acceptors (Lipinski definition) is 13. The average molecular weight is 653 g/mol. The summed E-state index contributed by atoms with van der Waals surface area (Å²) in [6.07, 6.45) is 0. The molecule has 0 heterocycles. The third kappa shape index (κ3) is 6.48. The number of rotatable bonds is 8. The molecular weight excluding hydrogens is 636 g/mol. The maximum Gasteiger partial charge on any atom is 0.337 e. The first-order valence-corrected chi connectivity index (χ1v) is 15.5. The number of phenolic OH excluding ortho intramolecular Hbond substituents is 2. The van der Waals surface area contributed by atoms with Crippen LogP contribution in [0.3, 0.4) is 0 Å². The number of benzene rings is 4. The number of carboxylic acids is 1. The van der Waals surface area contributed by atoms with Gasteiger partial charge in [-0.25, -0.2) is 4.79 Å². The van der Waals surface area contributed by atoms with Crippen LogP contribution in [-0.4, -0.2) is 60.2 Å². The second kappa shape index (κ2) is 11.1. The Morgan fingerprint density at radius 1 is 0.628 bits per heavy atom. The summed E-state index contributed by atoms with van der Waals surface area (Å²) >= 11 is 0. The van der Waals surface area contributed by atoms with Crippen LogP contribution in [0.2, 0.25) is 0 Å². The highest BCUT2D eigenvalue weighted by molar-refractivity contribution is 7.86. The van der Waals surface area contributed by atoms with Gasteiger partial charge in [-0.05, 0) is 47.9 Å². The van der Waals surface area contributed by atoms with Gasteiger partial charge in [-0.2, -0.15) is 30.4 Å². The number of fused-ring (bicyclic) bond motifs is 1. The van der Waals surface area contributed by atoms with Gasteiger partial charge in [0.1, 0.15) is 26.9 Å². The van der Waals surface area contributed by atoms with Crippen LogP contribution in [0, 0.1) is 0 Å². The molecule has 17 nitrogen and oxygen atoms in total. The van der Waals surface area contributed by atoms with Gasteiger partial charge < -0.3 is 15.3 Å². The van der Waals surface area contributed by atoms with Crippen LogP contribution in [0.1, 0.15) is 10.4 Å². The van der Waals surface area contributed by atoms with Crippen LogP contribution >= 0.6 is 0 Å². The Hall–Kier alpha value is -4.86. The molecule has 0 radical (unpaired) electrons. The molecule has 4 aromatic carbocycles. The fourth-order valence-electron chi connectivity index (χ4n) is 3.71. The summed E-state index contributed by atoms with van der Waals surface area (Å²) in [7, 11) is -15.2. The maximum atomic E-state index is 12.2. The van der Waals surface area contributed by atoms with E-state index in [2.05, 4.69) is 20.5 Å². The van der Waals surface area contributed by atoms with Gasteiger partial charge in [0.15, 0.2) is 11.5 Å². The third-order valence-corrected chi connectivity index (χ3v) is 8.16. The minimum absolute atomic E-state index is 0.284. The number of phenols is 2. The van der Waals surface area contributed by atoms with Crippen LogP contribution in [0.5, 0.6) is 11.5 Å². The Balaban J connectivity index is 2.03. The van der Waals surface area contributed by atoms with E-state index in [1.165, 1.54) is 24.3 Å². The van der Waals surface area contributed by atoms with Gasteiger partial charge in [-0.1, -0.05) is 18.2 Å². The molecule has 0 fully saturated rings. The van der Waals surface area contributed by atoms with E-state index in [0.717, 1.165) is 24.3 Å². The molecule has 0 saturated carbocycles. The van der Waals surface area contributed by atoms with Gasteiger partial charge in [0.25, 0.3) is 30.4 Å². The zero-order valence-electron chi connectivity index (χ0n) is 20.8. The molecule has 0 saturated heterocycles. The van der Waals surface area contributed by atoms with E-state index in [0.29, 0.717) is 12.1 Å². The maximum absolute atomic E-state index is 12.2. The van der Waals surface area contributed by atoms with Gasteiger partial charge >= 0.3 is 5.97 Å². The lowest BCUT2D eigenvalue weighted by molar-refractivity contribution is 0.0697. The second-order valence-corrected chi connectivity index (χ2v) is 12.6. The van der Waals surface area contributed by atoms with Crippen molar-refractivity contribution in [1.82, 2.24) is 0 Å². The van der Waals surface area contributed by atoms with Crippen LogP contribution in [0.25, 0.3) is 10.8 Å². The van der Waals surface area contributed by atoms with Gasteiger partial charge in [-0.15, -0.1) is 15.3 Å². The molecule has 0 bridgehead atoms. The zero-order valence-corrected chi connectivity index (χ0v) is 23.3. The van der Waals surface area contributed by atoms with Gasteiger partial charge in [-0.3, -0.25) is 13.7 Å². The summed E-state index contributed by atoms with van der Waals surface area (Å²) in [5.41, 5.74) is -2.98. The second-order valence-electron chi connectivity index (χ2n) is 8.39. The first-order valence-electron chi connectivity index (χ1n) is 11.1. The zero-order chi connectivity index (χ0) is 31.9. The molecular formula is C23H16N4O13S3. The molecule has 0 amide bonds. The molecule has 0 aliphatic carbocycles. The third-order valence-electron chi connectivity index (χ3n) is 5.58. The highest BCUT2D eigenvalue weighted by Gasteiger charge is 2.29. The van der Waals surface area contributed by atoms with E-state index < -0.39 is 84.7 Å². The van der Waals surface area contributed by atoms with Crippen molar-refractivity contribution in [2.75, 3.05) is 0 Å². The van der Waals surface area contributed by atoms with E-state index >= 15 is 0 Å². The van der Waals surface area contributed by atoms with Crippen molar-refractivity contribution in [3.63, 3.8) is 0 Å². The Morgan fingerprint density at radius 3 is 1.67 bits per heavy atom. The van der Waals surface area contributed by atoms with Gasteiger partial charge in [0.2, 0.25) is 0 Å².